The number of nitrogens with two attached hydrogens (primary N) is 1. The molecule has 184 valence electrons. The minimum absolute atomic E-state index is 0.0532. The van der Waals surface area contributed by atoms with Gasteiger partial charge in [-0.15, -0.1) is 0 Å². The molecule has 0 aliphatic carbocycles. The smallest absolute Gasteiger partial charge is 0.375 e. The van der Waals surface area contributed by atoms with E-state index in [1.54, 1.807) is 0 Å². The van der Waals surface area contributed by atoms with Crippen LogP contribution in [0.25, 0.3) is 0 Å². The summed E-state index contributed by atoms with van der Waals surface area (Å²) in [5.41, 5.74) is 5.02. The van der Waals surface area contributed by atoms with Gasteiger partial charge in [0.1, 0.15) is 0 Å². The molecule has 0 atom stereocenters. The van der Waals surface area contributed by atoms with Crippen molar-refractivity contribution in [2.75, 3.05) is 13.2 Å². The highest BCUT2D eigenvalue weighted by Crippen LogP contribution is 2.36. The summed E-state index contributed by atoms with van der Waals surface area (Å²) in [6.45, 7) is 2.07. The average molecular weight is 483 g/mol. The molecule has 3 aromatic carbocycles. The predicted octanol–water partition coefficient (Wildman–Crippen LogP) is 7.43. The largest absolute Gasteiger partial charge is 0.416 e. The fraction of sp³-hybridized carbons (Fsp3) is 0.308. The van der Waals surface area contributed by atoms with Gasteiger partial charge in [-0.1, -0.05) is 67.6 Å². The number of rotatable bonds is 7. The van der Waals surface area contributed by atoms with Crippen molar-refractivity contribution >= 4 is 0 Å². The minimum Gasteiger partial charge on any atom is -0.375 e. The van der Waals surface area contributed by atoms with E-state index in [-0.39, 0.29) is 31.4 Å². The molecule has 0 amide bonds. The molecule has 2 nitrogen and oxygen atoms in total. The number of alkyl halides is 6. The van der Waals surface area contributed by atoms with E-state index in [1.807, 2.05) is 0 Å². The third kappa shape index (κ3) is 8.50. The van der Waals surface area contributed by atoms with E-state index in [2.05, 4.69) is 67.6 Å². The van der Waals surface area contributed by atoms with Gasteiger partial charge < -0.3 is 10.5 Å². The van der Waals surface area contributed by atoms with Crippen molar-refractivity contribution in [3.05, 3.63) is 107 Å². The highest BCUT2D eigenvalue weighted by Gasteiger charge is 2.36. The number of hydrogen-bond acceptors (Lipinski definition) is 2. The zero-order valence-corrected chi connectivity index (χ0v) is 18.7. The van der Waals surface area contributed by atoms with Crippen LogP contribution in [0.4, 0.5) is 26.3 Å². The normalized spacial score (nSPS) is 11.8. The summed E-state index contributed by atoms with van der Waals surface area (Å²) in [6.07, 6.45) is -8.54. The lowest BCUT2D eigenvalue weighted by Gasteiger charge is -2.15. The van der Waals surface area contributed by atoms with E-state index in [0.717, 1.165) is 6.42 Å². The Morgan fingerprint density at radius 2 is 1.18 bits per heavy atom. The maximum absolute atomic E-state index is 12.5. The summed E-state index contributed by atoms with van der Waals surface area (Å²) in [6, 6.07) is 22.8. The Hall–Kier alpha value is -2.84. The van der Waals surface area contributed by atoms with Crippen molar-refractivity contribution < 1.29 is 31.1 Å². The lowest BCUT2D eigenvalue weighted by molar-refractivity contribution is -0.143. The second-order valence-electron chi connectivity index (χ2n) is 7.54. The number of benzene rings is 3. The summed E-state index contributed by atoms with van der Waals surface area (Å²) < 4.78 is 79.8. The third-order valence-corrected chi connectivity index (χ3v) is 4.99. The van der Waals surface area contributed by atoms with E-state index in [4.69, 9.17) is 10.5 Å². The quantitative estimate of drug-likeness (QED) is 0.280. The molecule has 3 rings (SSSR count). The van der Waals surface area contributed by atoms with Crippen LogP contribution in [-0.2, 0) is 23.7 Å². The molecule has 0 saturated heterocycles. The van der Waals surface area contributed by atoms with Gasteiger partial charge in [0.25, 0.3) is 0 Å². The highest BCUT2D eigenvalue weighted by atomic mass is 19.4. The van der Waals surface area contributed by atoms with Gasteiger partial charge in [0.05, 0.1) is 24.3 Å². The molecule has 0 heterocycles. The fourth-order valence-electron chi connectivity index (χ4n) is 3.41. The molecule has 0 saturated carbocycles. The summed E-state index contributed by atoms with van der Waals surface area (Å²) in [5, 5.41) is 0. The molecular formula is C26H27F6NO. The Labute approximate surface area is 195 Å². The first kappa shape index (κ1) is 27.4. The van der Waals surface area contributed by atoms with Crippen molar-refractivity contribution in [1.29, 1.82) is 0 Å². The van der Waals surface area contributed by atoms with Crippen molar-refractivity contribution in [3.8, 4) is 0 Å². The minimum atomic E-state index is -4.84. The van der Waals surface area contributed by atoms with Crippen LogP contribution in [0.2, 0.25) is 0 Å². The van der Waals surface area contributed by atoms with Gasteiger partial charge in [-0.3, -0.25) is 0 Å². The molecule has 0 aliphatic rings. The Balaban J connectivity index is 0.000000246. The highest BCUT2D eigenvalue weighted by molar-refractivity contribution is 5.33. The van der Waals surface area contributed by atoms with E-state index in [1.165, 1.54) is 11.1 Å². The zero-order chi connectivity index (χ0) is 25.2. The number of ether oxygens (including phenoxy) is 1. The standard InChI is InChI=1S/C15H16.C11H11F6NO/c1-2-15(13-9-5-3-6-10-13)14-11-7-4-8-12-14;12-10(13,14)8-3-7(6-19-2-1-18)4-9(5-8)11(15,16)17/h3-12,15H,2H2,1H3;3-5H,1-2,6,18H2. The van der Waals surface area contributed by atoms with Gasteiger partial charge in [-0.25, -0.2) is 0 Å². The maximum Gasteiger partial charge on any atom is 0.416 e. The molecule has 0 unspecified atom stereocenters. The fourth-order valence-corrected chi connectivity index (χ4v) is 3.41. The SMILES string of the molecule is CCC(c1ccccc1)c1ccccc1.NCCOCc1cc(C(F)(F)F)cc(C(F)(F)F)c1. The van der Waals surface area contributed by atoms with Crippen LogP contribution < -0.4 is 5.73 Å². The molecule has 34 heavy (non-hydrogen) atoms. The van der Waals surface area contributed by atoms with Gasteiger partial charge in [0.15, 0.2) is 0 Å². The summed E-state index contributed by atoms with van der Waals surface area (Å²) >= 11 is 0. The van der Waals surface area contributed by atoms with Gasteiger partial charge in [0.2, 0.25) is 0 Å². The first-order valence-electron chi connectivity index (χ1n) is 10.7. The maximum atomic E-state index is 12.5. The Bertz CT molecular complexity index is 916. The van der Waals surface area contributed by atoms with E-state index in [0.29, 0.717) is 18.1 Å². The molecule has 8 heteroatoms. The molecule has 2 N–H and O–H groups in total. The Morgan fingerprint density at radius 1 is 0.735 bits per heavy atom. The summed E-state index contributed by atoms with van der Waals surface area (Å²) in [5.74, 6) is 0.535. The van der Waals surface area contributed by atoms with Crippen LogP contribution in [0.3, 0.4) is 0 Å². The molecule has 0 radical (unpaired) electrons. The lowest BCUT2D eigenvalue weighted by Crippen LogP contribution is -2.13. The van der Waals surface area contributed by atoms with E-state index in [9.17, 15) is 26.3 Å². The Morgan fingerprint density at radius 3 is 1.53 bits per heavy atom. The van der Waals surface area contributed by atoms with Crippen LogP contribution in [0, 0.1) is 0 Å². The third-order valence-electron chi connectivity index (χ3n) is 4.99. The first-order chi connectivity index (χ1) is 16.1. The van der Waals surface area contributed by atoms with Gasteiger partial charge >= 0.3 is 12.4 Å². The van der Waals surface area contributed by atoms with Crippen LogP contribution in [-0.4, -0.2) is 13.2 Å². The lowest BCUT2D eigenvalue weighted by atomic mass is 9.89. The first-order valence-corrected chi connectivity index (χ1v) is 10.7. The van der Waals surface area contributed by atoms with Crippen LogP contribution in [0.15, 0.2) is 78.9 Å². The molecule has 0 fully saturated rings. The van der Waals surface area contributed by atoms with Crippen molar-refractivity contribution in [3.63, 3.8) is 0 Å². The predicted molar refractivity (Wildman–Crippen MR) is 120 cm³/mol. The molecule has 0 aromatic heterocycles. The van der Waals surface area contributed by atoms with Gasteiger partial charge in [-0.2, -0.15) is 26.3 Å². The average Bonchev–Trinajstić information content (AvgIpc) is 2.80. The zero-order valence-electron chi connectivity index (χ0n) is 18.7. The van der Waals surface area contributed by atoms with Crippen LogP contribution >= 0.6 is 0 Å². The molecule has 0 bridgehead atoms. The van der Waals surface area contributed by atoms with Crippen LogP contribution in [0.1, 0.15) is 47.1 Å². The van der Waals surface area contributed by atoms with Crippen LogP contribution in [0.5, 0.6) is 0 Å². The summed E-state index contributed by atoms with van der Waals surface area (Å²) in [7, 11) is 0. The van der Waals surface area contributed by atoms with Crippen molar-refractivity contribution in [1.82, 2.24) is 0 Å². The number of halogens is 6. The van der Waals surface area contributed by atoms with Crippen molar-refractivity contribution in [2.24, 2.45) is 5.73 Å². The second-order valence-corrected chi connectivity index (χ2v) is 7.54. The van der Waals surface area contributed by atoms with Crippen molar-refractivity contribution in [2.45, 2.75) is 38.2 Å². The van der Waals surface area contributed by atoms with Gasteiger partial charge in [0, 0.05) is 12.5 Å². The molecular weight excluding hydrogens is 456 g/mol. The van der Waals surface area contributed by atoms with E-state index < -0.39 is 23.5 Å². The Kier molecular flexibility index (Phi) is 10.1. The monoisotopic (exact) mass is 483 g/mol. The van der Waals surface area contributed by atoms with Gasteiger partial charge in [-0.05, 0) is 41.3 Å². The van der Waals surface area contributed by atoms with E-state index >= 15 is 0 Å². The molecule has 0 aliphatic heterocycles. The second kappa shape index (κ2) is 12.6. The molecule has 0 spiro atoms. The topological polar surface area (TPSA) is 35.2 Å². The number of hydrogen-bond donors (Lipinski definition) is 1. The summed E-state index contributed by atoms with van der Waals surface area (Å²) in [4.78, 5) is 0. The molecule has 3 aromatic rings.